The summed E-state index contributed by atoms with van der Waals surface area (Å²) in [7, 11) is 0. The van der Waals surface area contributed by atoms with Crippen LogP contribution < -0.4 is 15.8 Å². The standard InChI is InChI=1S/C22H17N5O3.ClH/c23-22-26-18(14-4-2-1-3-5-14)13-20(27-22)25-15-6-8-16(9-7-15)30-17-10-11-24-19(12-17)21(28)29;/h1-13H,(H,28,29)(H3,23,25,26,27);1H. The lowest BCUT2D eigenvalue weighted by atomic mass is 10.1. The zero-order valence-corrected chi connectivity index (χ0v) is 16.9. The fourth-order valence-electron chi connectivity index (χ4n) is 2.77. The molecule has 2 heterocycles. The molecule has 4 rings (SSSR count). The van der Waals surface area contributed by atoms with Gasteiger partial charge in [0.05, 0.1) is 5.69 Å². The van der Waals surface area contributed by atoms with Gasteiger partial charge in [0.1, 0.15) is 17.3 Å². The molecule has 156 valence electrons. The lowest BCUT2D eigenvalue weighted by molar-refractivity contribution is 0.0690. The molecular weight excluding hydrogens is 418 g/mol. The largest absolute Gasteiger partial charge is 0.477 e. The van der Waals surface area contributed by atoms with Crippen LogP contribution in [0.3, 0.4) is 0 Å². The quantitative estimate of drug-likeness (QED) is 0.395. The number of hydrogen-bond acceptors (Lipinski definition) is 7. The average Bonchev–Trinajstić information content (AvgIpc) is 2.75. The molecule has 0 aliphatic heterocycles. The molecule has 0 aliphatic rings. The van der Waals surface area contributed by atoms with Crippen LogP contribution in [0.5, 0.6) is 11.5 Å². The van der Waals surface area contributed by atoms with Gasteiger partial charge in [-0.15, -0.1) is 12.4 Å². The number of benzene rings is 2. The first-order valence-corrected chi connectivity index (χ1v) is 9.01. The molecule has 0 saturated heterocycles. The van der Waals surface area contributed by atoms with Crippen LogP contribution in [0.4, 0.5) is 17.5 Å². The monoisotopic (exact) mass is 435 g/mol. The van der Waals surface area contributed by atoms with Crippen molar-refractivity contribution in [3.63, 3.8) is 0 Å². The van der Waals surface area contributed by atoms with Gasteiger partial charge in [0, 0.05) is 29.6 Å². The second kappa shape index (κ2) is 9.55. The van der Waals surface area contributed by atoms with Gasteiger partial charge >= 0.3 is 5.97 Å². The molecule has 8 nitrogen and oxygen atoms in total. The summed E-state index contributed by atoms with van der Waals surface area (Å²) in [6, 6.07) is 21.6. The second-order valence-corrected chi connectivity index (χ2v) is 6.30. The summed E-state index contributed by atoms with van der Waals surface area (Å²) in [5.74, 6) is 0.564. The van der Waals surface area contributed by atoms with Crippen molar-refractivity contribution in [3.05, 3.63) is 84.7 Å². The van der Waals surface area contributed by atoms with Crippen molar-refractivity contribution in [2.24, 2.45) is 0 Å². The zero-order chi connectivity index (χ0) is 20.9. The van der Waals surface area contributed by atoms with Crippen LogP contribution in [0.25, 0.3) is 11.3 Å². The minimum Gasteiger partial charge on any atom is -0.477 e. The van der Waals surface area contributed by atoms with Crippen LogP contribution in [0.2, 0.25) is 0 Å². The van der Waals surface area contributed by atoms with E-state index in [0.717, 1.165) is 16.9 Å². The van der Waals surface area contributed by atoms with E-state index in [-0.39, 0.29) is 24.0 Å². The number of rotatable bonds is 6. The van der Waals surface area contributed by atoms with Crippen molar-refractivity contribution in [1.29, 1.82) is 0 Å². The van der Waals surface area contributed by atoms with E-state index in [0.29, 0.717) is 17.3 Å². The third-order valence-electron chi connectivity index (χ3n) is 4.13. The lowest BCUT2D eigenvalue weighted by Crippen LogP contribution is -2.01. The number of carboxylic acid groups (broad SMARTS) is 1. The number of aromatic carboxylic acids is 1. The molecule has 31 heavy (non-hydrogen) atoms. The number of ether oxygens (including phenoxy) is 1. The molecule has 0 spiro atoms. The summed E-state index contributed by atoms with van der Waals surface area (Å²) in [5, 5.41) is 12.2. The van der Waals surface area contributed by atoms with Crippen molar-refractivity contribution >= 4 is 35.8 Å². The van der Waals surface area contributed by atoms with E-state index in [1.54, 1.807) is 18.2 Å². The highest BCUT2D eigenvalue weighted by molar-refractivity contribution is 5.86. The molecule has 0 atom stereocenters. The Kier molecular flexibility index (Phi) is 6.64. The summed E-state index contributed by atoms with van der Waals surface area (Å²) in [6.07, 6.45) is 1.39. The van der Waals surface area contributed by atoms with Crippen molar-refractivity contribution in [2.75, 3.05) is 11.1 Å². The number of anilines is 3. The van der Waals surface area contributed by atoms with Gasteiger partial charge in [0.25, 0.3) is 0 Å². The minimum absolute atomic E-state index is 0. The highest BCUT2D eigenvalue weighted by Crippen LogP contribution is 2.26. The van der Waals surface area contributed by atoms with Gasteiger partial charge in [-0.2, -0.15) is 4.98 Å². The zero-order valence-electron chi connectivity index (χ0n) is 16.1. The highest BCUT2D eigenvalue weighted by atomic mass is 35.5. The second-order valence-electron chi connectivity index (χ2n) is 6.30. The normalized spacial score (nSPS) is 10.1. The number of nitrogens with two attached hydrogens (primary N) is 1. The van der Waals surface area contributed by atoms with Gasteiger partial charge in [0.2, 0.25) is 5.95 Å². The molecule has 0 bridgehead atoms. The topological polar surface area (TPSA) is 123 Å². The first kappa shape index (κ1) is 21.5. The Morgan fingerprint density at radius 3 is 2.39 bits per heavy atom. The molecular formula is C22H18ClN5O3. The molecule has 0 fully saturated rings. The maximum Gasteiger partial charge on any atom is 0.354 e. The number of aromatic nitrogens is 3. The smallest absolute Gasteiger partial charge is 0.354 e. The summed E-state index contributed by atoms with van der Waals surface area (Å²) in [4.78, 5) is 23.3. The average molecular weight is 436 g/mol. The van der Waals surface area contributed by atoms with E-state index in [1.165, 1.54) is 12.3 Å². The first-order chi connectivity index (χ1) is 14.6. The first-order valence-electron chi connectivity index (χ1n) is 9.01. The number of carboxylic acids is 1. The summed E-state index contributed by atoms with van der Waals surface area (Å²) in [6.45, 7) is 0. The number of carbonyl (C=O) groups is 1. The van der Waals surface area contributed by atoms with Crippen LogP contribution in [0.1, 0.15) is 10.5 Å². The van der Waals surface area contributed by atoms with Crippen LogP contribution >= 0.6 is 12.4 Å². The van der Waals surface area contributed by atoms with Crippen LogP contribution in [-0.4, -0.2) is 26.0 Å². The van der Waals surface area contributed by atoms with Gasteiger partial charge in [0.15, 0.2) is 5.69 Å². The van der Waals surface area contributed by atoms with Crippen molar-refractivity contribution < 1.29 is 14.6 Å². The summed E-state index contributed by atoms with van der Waals surface area (Å²) >= 11 is 0. The molecule has 0 saturated carbocycles. The molecule has 4 aromatic rings. The van der Waals surface area contributed by atoms with E-state index in [9.17, 15) is 4.79 Å². The number of hydrogen-bond donors (Lipinski definition) is 3. The lowest BCUT2D eigenvalue weighted by Gasteiger charge is -2.10. The number of halogens is 1. The van der Waals surface area contributed by atoms with Gasteiger partial charge in [-0.05, 0) is 30.3 Å². The molecule has 0 amide bonds. The van der Waals surface area contributed by atoms with E-state index >= 15 is 0 Å². The SMILES string of the molecule is Cl.Nc1nc(Nc2ccc(Oc3ccnc(C(=O)O)c3)cc2)cc(-c2ccccc2)n1. The van der Waals surface area contributed by atoms with Crippen LogP contribution in [-0.2, 0) is 0 Å². The van der Waals surface area contributed by atoms with E-state index in [1.807, 2.05) is 48.5 Å². The Hall–Kier alpha value is -4.17. The number of pyridine rings is 1. The van der Waals surface area contributed by atoms with Crippen molar-refractivity contribution in [3.8, 4) is 22.8 Å². The predicted octanol–water partition coefficient (Wildman–Crippen LogP) is 4.78. The van der Waals surface area contributed by atoms with Gasteiger partial charge in [-0.25, -0.2) is 14.8 Å². The van der Waals surface area contributed by atoms with Gasteiger partial charge in [-0.3, -0.25) is 0 Å². The molecule has 0 radical (unpaired) electrons. The minimum atomic E-state index is -1.11. The third kappa shape index (κ3) is 5.46. The Bertz CT molecular complexity index is 1190. The number of nitrogens with zero attached hydrogens (tertiary/aromatic N) is 3. The Balaban J connectivity index is 0.00000272. The highest BCUT2D eigenvalue weighted by Gasteiger charge is 2.08. The van der Waals surface area contributed by atoms with E-state index < -0.39 is 5.97 Å². The Morgan fingerprint density at radius 1 is 0.935 bits per heavy atom. The van der Waals surface area contributed by atoms with Gasteiger partial charge in [-0.1, -0.05) is 30.3 Å². The number of nitrogens with one attached hydrogen (secondary N) is 1. The Labute approximate surface area is 184 Å². The number of nitrogen functional groups attached to an aromatic ring is 1. The van der Waals surface area contributed by atoms with Crippen LogP contribution in [0.15, 0.2) is 79.0 Å². The maximum absolute atomic E-state index is 11.0. The van der Waals surface area contributed by atoms with Crippen molar-refractivity contribution in [2.45, 2.75) is 0 Å². The molecule has 2 aromatic carbocycles. The Morgan fingerprint density at radius 2 is 1.68 bits per heavy atom. The fourth-order valence-corrected chi connectivity index (χ4v) is 2.77. The summed E-state index contributed by atoms with van der Waals surface area (Å²) < 4.78 is 5.69. The maximum atomic E-state index is 11.0. The summed E-state index contributed by atoms with van der Waals surface area (Å²) in [5.41, 5.74) is 8.22. The molecule has 4 N–H and O–H groups in total. The third-order valence-corrected chi connectivity index (χ3v) is 4.13. The molecule has 0 aliphatic carbocycles. The molecule has 0 unspecified atom stereocenters. The van der Waals surface area contributed by atoms with E-state index in [4.69, 9.17) is 15.6 Å². The van der Waals surface area contributed by atoms with Gasteiger partial charge < -0.3 is 20.9 Å². The molecule has 9 heteroatoms. The predicted molar refractivity (Wildman–Crippen MR) is 120 cm³/mol. The molecule has 2 aromatic heterocycles. The van der Waals surface area contributed by atoms with Crippen LogP contribution in [0, 0.1) is 0 Å². The van der Waals surface area contributed by atoms with E-state index in [2.05, 4.69) is 20.3 Å². The fraction of sp³-hybridized carbons (Fsp3) is 0. The van der Waals surface area contributed by atoms with Crippen molar-refractivity contribution in [1.82, 2.24) is 15.0 Å².